The molecule has 0 fully saturated rings. The zero-order valence-corrected chi connectivity index (χ0v) is 11.1. The summed E-state index contributed by atoms with van der Waals surface area (Å²) in [7, 11) is 3.41. The van der Waals surface area contributed by atoms with E-state index in [1.165, 1.54) is 4.90 Å². The van der Waals surface area contributed by atoms with Crippen molar-refractivity contribution < 1.29 is 9.53 Å². The van der Waals surface area contributed by atoms with Gasteiger partial charge in [-0.25, -0.2) is 4.79 Å². The van der Waals surface area contributed by atoms with E-state index in [1.54, 1.807) is 14.1 Å². The summed E-state index contributed by atoms with van der Waals surface area (Å²) in [5, 5.41) is 2.79. The van der Waals surface area contributed by atoms with E-state index >= 15 is 0 Å². The van der Waals surface area contributed by atoms with Crippen molar-refractivity contribution in [3.8, 4) is 5.75 Å². The van der Waals surface area contributed by atoms with Crippen LogP contribution in [-0.2, 0) is 0 Å². The van der Waals surface area contributed by atoms with E-state index in [2.05, 4.69) is 5.32 Å². The van der Waals surface area contributed by atoms with Gasteiger partial charge in [-0.1, -0.05) is 6.07 Å². The van der Waals surface area contributed by atoms with Crippen LogP contribution in [0.4, 0.5) is 10.5 Å². The minimum absolute atomic E-state index is 0.119. The number of ether oxygens (including phenoxy) is 1. The summed E-state index contributed by atoms with van der Waals surface area (Å²) in [5.74, 6) is 0.802. The number of nitrogens with zero attached hydrogens (tertiary/aromatic N) is 1. The maximum Gasteiger partial charge on any atom is 0.321 e. The summed E-state index contributed by atoms with van der Waals surface area (Å²) < 4.78 is 5.66. The molecule has 1 N–H and O–H groups in total. The van der Waals surface area contributed by atoms with Crippen molar-refractivity contribution in [1.29, 1.82) is 0 Å². The number of carbonyl (C=O) groups is 1. The summed E-state index contributed by atoms with van der Waals surface area (Å²) in [6.45, 7) is 5.93. The highest BCUT2D eigenvalue weighted by atomic mass is 16.5. The van der Waals surface area contributed by atoms with E-state index in [1.807, 2.05) is 39.0 Å². The SMILES string of the molecule is Cc1ccc(NC(=O)N(C)C)cc1OC(C)C. The Labute approximate surface area is 103 Å². The lowest BCUT2D eigenvalue weighted by molar-refractivity contribution is 0.230. The molecule has 4 heteroatoms. The van der Waals surface area contributed by atoms with Gasteiger partial charge >= 0.3 is 6.03 Å². The van der Waals surface area contributed by atoms with E-state index in [-0.39, 0.29) is 12.1 Å². The van der Waals surface area contributed by atoms with Crippen molar-refractivity contribution >= 4 is 11.7 Å². The number of aryl methyl sites for hydroxylation is 1. The molecular weight excluding hydrogens is 216 g/mol. The zero-order valence-electron chi connectivity index (χ0n) is 11.1. The van der Waals surface area contributed by atoms with Crippen LogP contribution in [0.15, 0.2) is 18.2 Å². The topological polar surface area (TPSA) is 41.6 Å². The van der Waals surface area contributed by atoms with Crippen molar-refractivity contribution in [2.24, 2.45) is 0 Å². The van der Waals surface area contributed by atoms with E-state index in [0.717, 1.165) is 17.0 Å². The lowest BCUT2D eigenvalue weighted by Crippen LogP contribution is -2.27. The van der Waals surface area contributed by atoms with Gasteiger partial charge in [-0.2, -0.15) is 0 Å². The Morgan fingerprint density at radius 2 is 2.00 bits per heavy atom. The fraction of sp³-hybridized carbons (Fsp3) is 0.462. The average molecular weight is 236 g/mol. The summed E-state index contributed by atoms with van der Waals surface area (Å²) in [5.41, 5.74) is 1.80. The third kappa shape index (κ3) is 3.98. The summed E-state index contributed by atoms with van der Waals surface area (Å²) >= 11 is 0. The number of hydrogen-bond acceptors (Lipinski definition) is 2. The Balaban J connectivity index is 2.85. The van der Waals surface area contributed by atoms with Gasteiger partial charge in [-0.15, -0.1) is 0 Å². The fourth-order valence-electron chi connectivity index (χ4n) is 1.29. The number of carbonyl (C=O) groups excluding carboxylic acids is 1. The molecule has 0 saturated carbocycles. The molecule has 0 aliphatic carbocycles. The highest BCUT2D eigenvalue weighted by Gasteiger charge is 2.07. The molecule has 0 bridgehead atoms. The maximum atomic E-state index is 11.5. The quantitative estimate of drug-likeness (QED) is 0.876. The summed E-state index contributed by atoms with van der Waals surface area (Å²) in [4.78, 5) is 13.0. The van der Waals surface area contributed by atoms with Crippen LogP contribution in [-0.4, -0.2) is 31.1 Å². The molecule has 17 heavy (non-hydrogen) atoms. The largest absolute Gasteiger partial charge is 0.491 e. The molecule has 0 radical (unpaired) electrons. The van der Waals surface area contributed by atoms with Crippen LogP contribution in [0.25, 0.3) is 0 Å². The second-order valence-electron chi connectivity index (χ2n) is 4.47. The first-order valence-electron chi connectivity index (χ1n) is 5.65. The van der Waals surface area contributed by atoms with Gasteiger partial charge < -0.3 is 15.0 Å². The first-order chi connectivity index (χ1) is 7.90. The molecule has 1 aromatic carbocycles. The van der Waals surface area contributed by atoms with Crippen molar-refractivity contribution in [2.45, 2.75) is 26.9 Å². The number of amides is 2. The van der Waals surface area contributed by atoms with Crippen molar-refractivity contribution in [2.75, 3.05) is 19.4 Å². The molecule has 94 valence electrons. The highest BCUT2D eigenvalue weighted by molar-refractivity contribution is 5.89. The van der Waals surface area contributed by atoms with Crippen LogP contribution in [0.1, 0.15) is 19.4 Å². The molecule has 0 saturated heterocycles. The lowest BCUT2D eigenvalue weighted by Gasteiger charge is -2.16. The third-order valence-corrected chi connectivity index (χ3v) is 2.21. The first kappa shape index (κ1) is 13.4. The molecular formula is C13H20N2O2. The Hall–Kier alpha value is -1.71. The van der Waals surface area contributed by atoms with E-state index in [0.29, 0.717) is 0 Å². The second kappa shape index (κ2) is 5.57. The smallest absolute Gasteiger partial charge is 0.321 e. The molecule has 0 spiro atoms. The molecule has 0 unspecified atom stereocenters. The van der Waals surface area contributed by atoms with Crippen LogP contribution in [0, 0.1) is 6.92 Å². The molecule has 0 aliphatic rings. The van der Waals surface area contributed by atoms with Crippen LogP contribution in [0.5, 0.6) is 5.75 Å². The van der Waals surface area contributed by atoms with Crippen molar-refractivity contribution in [3.05, 3.63) is 23.8 Å². The fourth-order valence-corrected chi connectivity index (χ4v) is 1.29. The second-order valence-corrected chi connectivity index (χ2v) is 4.47. The van der Waals surface area contributed by atoms with E-state index < -0.39 is 0 Å². The minimum Gasteiger partial charge on any atom is -0.491 e. The first-order valence-corrected chi connectivity index (χ1v) is 5.65. The van der Waals surface area contributed by atoms with Gasteiger partial charge in [-0.05, 0) is 32.4 Å². The van der Waals surface area contributed by atoms with Gasteiger partial charge in [0.2, 0.25) is 0 Å². The van der Waals surface area contributed by atoms with Gasteiger partial charge in [0, 0.05) is 25.8 Å². The zero-order chi connectivity index (χ0) is 13.0. The van der Waals surface area contributed by atoms with Gasteiger partial charge in [-0.3, -0.25) is 0 Å². The monoisotopic (exact) mass is 236 g/mol. The third-order valence-electron chi connectivity index (χ3n) is 2.21. The van der Waals surface area contributed by atoms with Crippen LogP contribution < -0.4 is 10.1 Å². The van der Waals surface area contributed by atoms with Gasteiger partial charge in [0.15, 0.2) is 0 Å². The van der Waals surface area contributed by atoms with Gasteiger partial charge in [0.1, 0.15) is 5.75 Å². The number of nitrogens with one attached hydrogen (secondary N) is 1. The number of benzene rings is 1. The minimum atomic E-state index is -0.149. The predicted molar refractivity (Wildman–Crippen MR) is 69.6 cm³/mol. The molecule has 0 aromatic heterocycles. The molecule has 4 nitrogen and oxygen atoms in total. The number of hydrogen-bond donors (Lipinski definition) is 1. The predicted octanol–water partition coefficient (Wildman–Crippen LogP) is 2.88. The van der Waals surface area contributed by atoms with Crippen LogP contribution >= 0.6 is 0 Å². The standard InChI is InChI=1S/C13H20N2O2/c1-9(2)17-12-8-11(7-6-10(12)3)14-13(16)15(4)5/h6-9H,1-5H3,(H,14,16). The average Bonchev–Trinajstić information content (AvgIpc) is 2.22. The number of anilines is 1. The van der Waals surface area contributed by atoms with E-state index in [9.17, 15) is 4.79 Å². The van der Waals surface area contributed by atoms with Gasteiger partial charge in [0.25, 0.3) is 0 Å². The Bertz CT molecular complexity index is 400. The van der Waals surface area contributed by atoms with Crippen molar-refractivity contribution in [1.82, 2.24) is 4.90 Å². The number of urea groups is 1. The molecule has 0 heterocycles. The Morgan fingerprint density at radius 3 is 2.53 bits per heavy atom. The normalized spacial score (nSPS) is 10.2. The van der Waals surface area contributed by atoms with Crippen LogP contribution in [0.3, 0.4) is 0 Å². The van der Waals surface area contributed by atoms with Crippen molar-refractivity contribution in [3.63, 3.8) is 0 Å². The van der Waals surface area contributed by atoms with E-state index in [4.69, 9.17) is 4.74 Å². The maximum absolute atomic E-state index is 11.5. The molecule has 2 amide bonds. The molecule has 1 rings (SSSR count). The molecule has 0 atom stereocenters. The summed E-state index contributed by atoms with van der Waals surface area (Å²) in [6, 6.07) is 5.49. The Morgan fingerprint density at radius 1 is 1.35 bits per heavy atom. The van der Waals surface area contributed by atoms with Crippen LogP contribution in [0.2, 0.25) is 0 Å². The van der Waals surface area contributed by atoms with Gasteiger partial charge in [0.05, 0.1) is 6.10 Å². The number of rotatable bonds is 3. The molecule has 0 aliphatic heterocycles. The molecule has 1 aromatic rings. The Kier molecular flexibility index (Phi) is 4.37. The summed E-state index contributed by atoms with van der Waals surface area (Å²) in [6.07, 6.45) is 0.119. The lowest BCUT2D eigenvalue weighted by atomic mass is 10.2. The highest BCUT2D eigenvalue weighted by Crippen LogP contribution is 2.23.